The summed E-state index contributed by atoms with van der Waals surface area (Å²) >= 11 is 3.72. The van der Waals surface area contributed by atoms with Crippen LogP contribution in [0.5, 0.6) is 0 Å². The number of amides is 3. The molecule has 3 heterocycles. The van der Waals surface area contributed by atoms with E-state index in [1.54, 1.807) is 28.9 Å². The molecule has 2 N–H and O–H groups in total. The Hall–Kier alpha value is -3.02. The molecule has 46 heavy (non-hydrogen) atoms. The number of alkyl halides is 1. The van der Waals surface area contributed by atoms with Crippen molar-refractivity contribution in [3.05, 3.63) is 61.2 Å². The van der Waals surface area contributed by atoms with Gasteiger partial charge in [-0.1, -0.05) is 71.8 Å². The van der Waals surface area contributed by atoms with Gasteiger partial charge in [0, 0.05) is 37.5 Å². The lowest BCUT2D eigenvalue weighted by atomic mass is 9.70. The summed E-state index contributed by atoms with van der Waals surface area (Å²) in [6, 6.07) is 7.71. The molecule has 0 aliphatic carbocycles. The maximum absolute atomic E-state index is 14.3. The molecule has 8 atom stereocenters. The highest BCUT2D eigenvalue weighted by Crippen LogP contribution is 2.60. The zero-order valence-corrected chi connectivity index (χ0v) is 28.5. The Morgan fingerprint density at radius 2 is 1.96 bits per heavy atom. The smallest absolute Gasteiger partial charge is 0.313 e. The van der Waals surface area contributed by atoms with Crippen molar-refractivity contribution in [2.75, 3.05) is 26.2 Å². The highest BCUT2D eigenvalue weighted by Gasteiger charge is 2.77. The summed E-state index contributed by atoms with van der Waals surface area (Å²) in [6.45, 7) is 12.4. The Morgan fingerprint density at radius 3 is 2.61 bits per heavy atom. The van der Waals surface area contributed by atoms with Crippen LogP contribution in [0.1, 0.15) is 70.5 Å². The summed E-state index contributed by atoms with van der Waals surface area (Å²) in [5, 5.41) is 12.4. The number of aliphatic hydroxyl groups is 1. The van der Waals surface area contributed by atoms with Gasteiger partial charge in [0.25, 0.3) is 0 Å². The van der Waals surface area contributed by atoms with Crippen LogP contribution in [0.4, 0.5) is 0 Å². The average molecular weight is 703 g/mol. The lowest BCUT2D eigenvalue weighted by Crippen LogP contribution is -2.57. The molecule has 4 rings (SSSR count). The number of likely N-dealkylation sites (tertiary alicyclic amines) is 1. The van der Waals surface area contributed by atoms with Crippen LogP contribution in [0.15, 0.2) is 55.6 Å². The minimum atomic E-state index is -1.21. The number of unbranched alkanes of at least 4 members (excludes halogenated alkanes) is 2. The highest BCUT2D eigenvalue weighted by atomic mass is 79.9. The number of nitrogens with one attached hydrogen (secondary N) is 1. The van der Waals surface area contributed by atoms with Crippen LogP contribution in [0.2, 0.25) is 0 Å². The fourth-order valence-electron chi connectivity index (χ4n) is 7.22. The number of esters is 1. The molecule has 0 saturated carbocycles. The second kappa shape index (κ2) is 16.2. The first kappa shape index (κ1) is 35.8. The number of benzene rings is 1. The summed E-state index contributed by atoms with van der Waals surface area (Å²) in [5.74, 6) is -3.19. The van der Waals surface area contributed by atoms with Gasteiger partial charge in [-0.3, -0.25) is 19.2 Å². The summed E-state index contributed by atoms with van der Waals surface area (Å²) in [6.07, 6.45) is 5.68. The van der Waals surface area contributed by atoms with Crippen molar-refractivity contribution in [2.24, 2.45) is 11.8 Å². The molecular formula is C35H48BrN3O7. The molecule has 3 aliphatic rings. The second-order valence-corrected chi connectivity index (χ2v) is 13.7. The lowest BCUT2D eigenvalue weighted by Gasteiger charge is -2.37. The van der Waals surface area contributed by atoms with E-state index >= 15 is 0 Å². The first-order valence-corrected chi connectivity index (χ1v) is 17.3. The average Bonchev–Trinajstić information content (AvgIpc) is 3.64. The number of ether oxygens (including phenoxy) is 2. The van der Waals surface area contributed by atoms with Crippen LogP contribution in [0, 0.1) is 11.8 Å². The molecule has 3 saturated heterocycles. The van der Waals surface area contributed by atoms with Gasteiger partial charge in [-0.05, 0) is 44.6 Å². The van der Waals surface area contributed by atoms with Gasteiger partial charge in [0.1, 0.15) is 17.7 Å². The van der Waals surface area contributed by atoms with E-state index < -0.39 is 47.7 Å². The van der Waals surface area contributed by atoms with E-state index in [0.717, 1.165) is 12.8 Å². The first-order chi connectivity index (χ1) is 22.1. The quantitative estimate of drug-likeness (QED) is 0.102. The Labute approximate surface area is 280 Å². The van der Waals surface area contributed by atoms with Gasteiger partial charge in [-0.15, -0.1) is 13.2 Å². The van der Waals surface area contributed by atoms with E-state index in [9.17, 15) is 24.3 Å². The van der Waals surface area contributed by atoms with Crippen molar-refractivity contribution in [3.63, 3.8) is 0 Å². The van der Waals surface area contributed by atoms with Crippen LogP contribution in [-0.4, -0.2) is 93.5 Å². The highest BCUT2D eigenvalue weighted by molar-refractivity contribution is 9.09. The van der Waals surface area contributed by atoms with Crippen LogP contribution in [-0.2, 0) is 28.7 Å². The number of carbonyl (C=O) groups is 4. The van der Waals surface area contributed by atoms with Gasteiger partial charge in [0.2, 0.25) is 17.7 Å². The van der Waals surface area contributed by atoms with E-state index in [0.29, 0.717) is 44.3 Å². The van der Waals surface area contributed by atoms with Crippen molar-refractivity contribution in [3.8, 4) is 0 Å². The van der Waals surface area contributed by atoms with Gasteiger partial charge < -0.3 is 29.7 Å². The monoisotopic (exact) mass is 701 g/mol. The predicted octanol–water partition coefficient (Wildman–Crippen LogP) is 4.08. The minimum absolute atomic E-state index is 0.0332. The Balaban J connectivity index is 1.67. The maximum atomic E-state index is 14.3. The standard InChI is InChI=1S/C35H48BrN3O7/c1-5-8-17-26(41)37-23(4)29(24-15-11-10-12-16-24)45-34(44)27-28-32(42)39(20-13-14-21-40)31(35(28)22-25(36)30(27)46-35)33(43)38(18-7-3)19-9-6-2/h5,7,10-12,15-16,23,25,27-31,40H,1,3,6,8-9,13-14,17-22H2,2,4H3,(H,37,41)/t23-,25?,27+,28-,29-,30+,31+,35-/m1/s1. The molecule has 0 radical (unpaired) electrons. The number of allylic oxidation sites excluding steroid dienone is 1. The number of hydrogen-bond donors (Lipinski definition) is 2. The molecule has 10 nitrogen and oxygen atoms in total. The number of rotatable bonds is 18. The Morgan fingerprint density at radius 1 is 1.22 bits per heavy atom. The molecule has 2 bridgehead atoms. The van der Waals surface area contributed by atoms with Crippen molar-refractivity contribution < 1.29 is 33.8 Å². The minimum Gasteiger partial charge on any atom is -0.455 e. The summed E-state index contributed by atoms with van der Waals surface area (Å²) in [5.41, 5.74) is -0.511. The van der Waals surface area contributed by atoms with Crippen molar-refractivity contribution in [2.45, 2.75) is 93.5 Å². The number of carbonyl (C=O) groups excluding carboxylic acids is 4. The zero-order chi connectivity index (χ0) is 33.4. The fraction of sp³-hybridized carbons (Fsp3) is 0.600. The molecular weight excluding hydrogens is 654 g/mol. The zero-order valence-electron chi connectivity index (χ0n) is 26.9. The van der Waals surface area contributed by atoms with Gasteiger partial charge in [-0.25, -0.2) is 0 Å². The molecule has 3 fully saturated rings. The van der Waals surface area contributed by atoms with Crippen molar-refractivity contribution in [1.82, 2.24) is 15.1 Å². The van der Waals surface area contributed by atoms with Crippen LogP contribution in [0.3, 0.4) is 0 Å². The van der Waals surface area contributed by atoms with Gasteiger partial charge in [0.05, 0.1) is 24.0 Å². The van der Waals surface area contributed by atoms with Crippen molar-refractivity contribution >= 4 is 39.6 Å². The molecule has 1 spiro atoms. The molecule has 11 heteroatoms. The largest absolute Gasteiger partial charge is 0.455 e. The third kappa shape index (κ3) is 7.26. The number of halogens is 1. The number of hydrogen-bond acceptors (Lipinski definition) is 7. The van der Waals surface area contributed by atoms with Gasteiger partial charge in [-0.2, -0.15) is 0 Å². The molecule has 0 aromatic heterocycles. The molecule has 3 aliphatic heterocycles. The van der Waals surface area contributed by atoms with Gasteiger partial charge in [0.15, 0.2) is 0 Å². The third-order valence-corrected chi connectivity index (χ3v) is 10.2. The van der Waals surface area contributed by atoms with E-state index in [1.165, 1.54) is 0 Å². The molecule has 252 valence electrons. The van der Waals surface area contributed by atoms with E-state index in [1.807, 2.05) is 30.3 Å². The van der Waals surface area contributed by atoms with Gasteiger partial charge >= 0.3 is 5.97 Å². The second-order valence-electron chi connectivity index (χ2n) is 12.5. The van der Waals surface area contributed by atoms with Crippen molar-refractivity contribution in [1.29, 1.82) is 0 Å². The summed E-state index contributed by atoms with van der Waals surface area (Å²) < 4.78 is 12.9. The predicted molar refractivity (Wildman–Crippen MR) is 178 cm³/mol. The molecule has 1 aromatic rings. The number of aliphatic hydroxyl groups excluding tert-OH is 1. The van der Waals surface area contributed by atoms with Crippen LogP contribution < -0.4 is 5.32 Å². The molecule has 1 aromatic carbocycles. The molecule has 1 unspecified atom stereocenters. The van der Waals surface area contributed by atoms with Crippen LogP contribution in [0.25, 0.3) is 0 Å². The first-order valence-electron chi connectivity index (χ1n) is 16.4. The topological polar surface area (TPSA) is 125 Å². The number of fused-ring (bicyclic) bond motifs is 1. The SMILES string of the molecule is C=CCCC(=O)N[C@H](C)[C@@H](OC(=O)[C@@H]1[C@H]2O[C@@]3(CC2Br)[C@H](C(=O)N(CC=C)CCCC)N(CCCCO)C(=O)[C@@H]13)c1ccccc1. The molecule has 3 amide bonds. The third-order valence-electron chi connectivity index (χ3n) is 9.33. The number of nitrogens with zero attached hydrogens (tertiary/aromatic N) is 2. The fourth-order valence-corrected chi connectivity index (χ4v) is 8.16. The Bertz CT molecular complexity index is 1260. The summed E-state index contributed by atoms with van der Waals surface area (Å²) in [7, 11) is 0. The van der Waals surface area contributed by atoms with E-state index in [2.05, 4.69) is 41.3 Å². The summed E-state index contributed by atoms with van der Waals surface area (Å²) in [4.78, 5) is 58.6. The van der Waals surface area contributed by atoms with E-state index in [4.69, 9.17) is 9.47 Å². The maximum Gasteiger partial charge on any atom is 0.313 e. The van der Waals surface area contributed by atoms with E-state index in [-0.39, 0.29) is 42.1 Å². The Kier molecular flexibility index (Phi) is 12.6. The normalized spacial score (nSPS) is 27.5. The van der Waals surface area contributed by atoms with Crippen LogP contribution >= 0.6 is 15.9 Å². The lowest BCUT2D eigenvalue weighted by molar-refractivity contribution is -0.162.